The van der Waals surface area contributed by atoms with E-state index in [9.17, 15) is 20.1 Å². The van der Waals surface area contributed by atoms with Gasteiger partial charge in [0.05, 0.1) is 34.8 Å². The van der Waals surface area contributed by atoms with Gasteiger partial charge < -0.3 is 32.7 Å². The van der Waals surface area contributed by atoms with Gasteiger partial charge in [-0.1, -0.05) is 94.2 Å². The minimum Gasteiger partial charge on any atom is -0.370 e. The Morgan fingerprint density at radius 3 is 1.46 bits per heavy atom. The Bertz CT molecular complexity index is 2310. The Morgan fingerprint density at radius 1 is 0.649 bits per heavy atom. The van der Waals surface area contributed by atoms with Crippen molar-refractivity contribution in [1.82, 2.24) is 10.6 Å². The van der Waals surface area contributed by atoms with E-state index in [2.05, 4.69) is 53.4 Å². The second kappa shape index (κ2) is 18.7. The smallest absolute Gasteiger partial charge is 0.234 e. The van der Waals surface area contributed by atoms with Gasteiger partial charge in [0.15, 0.2) is 34.6 Å². The summed E-state index contributed by atoms with van der Waals surface area (Å²) < 4.78 is 0. The van der Waals surface area contributed by atoms with Crippen LogP contribution in [-0.4, -0.2) is 45.6 Å². The van der Waals surface area contributed by atoms with Gasteiger partial charge in [0.2, 0.25) is 11.8 Å². The molecule has 0 aromatic heterocycles. The lowest BCUT2D eigenvalue weighted by molar-refractivity contribution is -0.114. The highest BCUT2D eigenvalue weighted by atomic mass is 35.5. The number of aliphatic imine (C=N–C) groups is 4. The summed E-state index contributed by atoms with van der Waals surface area (Å²) in [7, 11) is 0. The van der Waals surface area contributed by atoms with Crippen molar-refractivity contribution in [2.24, 2.45) is 31.4 Å². The van der Waals surface area contributed by atoms with Gasteiger partial charge in [0.1, 0.15) is 0 Å². The van der Waals surface area contributed by atoms with Crippen LogP contribution in [0.2, 0.25) is 20.1 Å². The number of carbonyl (C=O) groups excluding carboxylic acids is 2. The van der Waals surface area contributed by atoms with E-state index in [1.54, 1.807) is 72.8 Å². The quantitative estimate of drug-likeness (QED) is 0.0963. The van der Waals surface area contributed by atoms with E-state index in [-0.39, 0.29) is 41.7 Å². The first kappa shape index (κ1) is 41.2. The molecule has 2 amide bonds. The molecule has 4 aromatic carbocycles. The highest BCUT2D eigenvalue weighted by Crippen LogP contribution is 2.33. The molecule has 0 saturated heterocycles. The summed E-state index contributed by atoms with van der Waals surface area (Å²) in [6.07, 6.45) is -1.16. The summed E-state index contributed by atoms with van der Waals surface area (Å²) in [5.41, 5.74) is 15.9. The van der Waals surface area contributed by atoms with Crippen molar-refractivity contribution in [2.75, 3.05) is 22.1 Å². The maximum atomic E-state index is 12.9. The van der Waals surface area contributed by atoms with Crippen LogP contribution in [0.4, 0.5) is 11.4 Å². The fourth-order valence-electron chi connectivity index (χ4n) is 5.43. The molecule has 0 unspecified atom stereocenters. The summed E-state index contributed by atoms with van der Waals surface area (Å²) >= 11 is 26.9. The van der Waals surface area contributed by atoms with E-state index >= 15 is 0 Å². The maximum absolute atomic E-state index is 12.9. The Kier molecular flexibility index (Phi) is 13.5. The average Bonchev–Trinajstić information content (AvgIpc) is 3.17. The van der Waals surface area contributed by atoms with Crippen LogP contribution in [0.25, 0.3) is 0 Å². The molecule has 2 aliphatic rings. The number of nitrogens with one attached hydrogen (secondary N) is 4. The second-order valence-corrected chi connectivity index (χ2v) is 15.7. The third kappa shape index (κ3) is 10.9. The number of anilines is 2. The van der Waals surface area contributed by atoms with Crippen LogP contribution >= 0.6 is 69.9 Å². The number of guanidine groups is 2. The Labute approximate surface area is 354 Å². The summed E-state index contributed by atoms with van der Waals surface area (Å²) in [5, 5.41) is 33.6. The fourth-order valence-corrected chi connectivity index (χ4v) is 7.82. The minimum atomic E-state index is -0.707. The lowest BCUT2D eigenvalue weighted by atomic mass is 9.96. The zero-order chi connectivity index (χ0) is 40.6. The van der Waals surface area contributed by atoms with Gasteiger partial charge in [-0.15, -0.1) is 0 Å². The minimum absolute atomic E-state index is 0.0217. The SMILES string of the molecule is N#Cc1cc(NC(=O)CSC2=N[C@H](c3ccc(Cl)cc3Cl)N=C(N)N2)ccc1Cc1ccc(NC(=O)CSC2=N[C@@H](c3ccc(Cl)cc3Cl)N=C(N)N2)cc1C#N. The molecule has 20 heteroatoms. The number of halogens is 4. The van der Waals surface area contributed by atoms with Crippen LogP contribution in [0.3, 0.4) is 0 Å². The Hall–Kier alpha value is -5.46. The van der Waals surface area contributed by atoms with Crippen molar-refractivity contribution in [1.29, 1.82) is 10.5 Å². The van der Waals surface area contributed by atoms with Crippen LogP contribution in [0.5, 0.6) is 0 Å². The maximum Gasteiger partial charge on any atom is 0.234 e. The molecule has 0 saturated carbocycles. The summed E-state index contributed by atoms with van der Waals surface area (Å²) in [4.78, 5) is 43.3. The number of nitrogens with two attached hydrogens (primary N) is 2. The topological polar surface area (TPSA) is 231 Å². The standard InChI is InChI=1S/C37H28Cl4N12O2S2/c38-22-3-7-26(28(40)12-22)32-48-34(44)52-36(50-32)56-16-30(54)46-24-5-1-18(20(10-24)14-42)9-19-2-6-25(11-21(19)15-43)47-31(55)17-57-37-51-33(49-35(45)53-37)27-8-4-23(39)13-29(27)41/h1-8,10-13,32-33H,9,16-17H2,(H,46,54)(H,47,55)(H3,44,48,50,52)(H3,45,49,51,53)/t32-,33+. The van der Waals surface area contributed by atoms with Crippen LogP contribution in [0.15, 0.2) is 92.8 Å². The van der Waals surface area contributed by atoms with E-state index in [0.29, 0.717) is 75.2 Å². The van der Waals surface area contributed by atoms with Crippen LogP contribution in [-0.2, 0) is 16.0 Å². The molecule has 6 rings (SSSR count). The molecule has 0 spiro atoms. The van der Waals surface area contributed by atoms with Gasteiger partial charge in [0, 0.05) is 49.0 Å². The number of amidine groups is 2. The first-order valence-corrected chi connectivity index (χ1v) is 20.0. The van der Waals surface area contributed by atoms with Crippen molar-refractivity contribution in [3.05, 3.63) is 126 Å². The third-order valence-corrected chi connectivity index (χ3v) is 10.9. The predicted octanol–water partition coefficient (Wildman–Crippen LogP) is 6.92. The molecule has 0 fully saturated rings. The van der Waals surface area contributed by atoms with Gasteiger partial charge in [-0.25, -0.2) is 20.0 Å². The number of benzene rings is 4. The zero-order valence-electron chi connectivity index (χ0n) is 29.2. The lowest BCUT2D eigenvalue weighted by Crippen LogP contribution is -2.39. The number of nitrogens with zero attached hydrogens (tertiary/aromatic N) is 6. The monoisotopic (exact) mass is 876 g/mol. The number of amides is 2. The number of hydrogen-bond acceptors (Lipinski definition) is 14. The summed E-state index contributed by atoms with van der Waals surface area (Å²) in [5.74, 6) is -0.501. The molecule has 2 aliphatic heterocycles. The van der Waals surface area contributed by atoms with E-state index in [1.165, 1.54) is 0 Å². The number of nitriles is 2. The molecule has 14 nitrogen and oxygen atoms in total. The van der Waals surface area contributed by atoms with E-state index in [4.69, 9.17) is 57.9 Å². The first-order chi connectivity index (χ1) is 27.4. The van der Waals surface area contributed by atoms with Crippen molar-refractivity contribution < 1.29 is 9.59 Å². The molecular weight excluding hydrogens is 850 g/mol. The molecule has 8 N–H and O–H groups in total. The van der Waals surface area contributed by atoms with Gasteiger partial charge >= 0.3 is 0 Å². The largest absolute Gasteiger partial charge is 0.370 e. The van der Waals surface area contributed by atoms with Crippen molar-refractivity contribution in [3.8, 4) is 12.1 Å². The molecule has 4 aromatic rings. The molecule has 288 valence electrons. The normalized spacial score (nSPS) is 16.0. The van der Waals surface area contributed by atoms with Gasteiger partial charge in [-0.3, -0.25) is 9.59 Å². The molecule has 2 atom stereocenters. The van der Waals surface area contributed by atoms with Crippen molar-refractivity contribution >= 4 is 115 Å². The Morgan fingerprint density at radius 2 is 1.07 bits per heavy atom. The van der Waals surface area contributed by atoms with Crippen LogP contribution in [0, 0.1) is 22.7 Å². The van der Waals surface area contributed by atoms with Gasteiger partial charge in [-0.2, -0.15) is 10.5 Å². The summed E-state index contributed by atoms with van der Waals surface area (Å²) in [6.45, 7) is 0. The van der Waals surface area contributed by atoms with E-state index in [1.807, 2.05) is 0 Å². The molecule has 0 radical (unpaired) electrons. The van der Waals surface area contributed by atoms with E-state index in [0.717, 1.165) is 23.5 Å². The molecule has 0 bridgehead atoms. The second-order valence-electron chi connectivity index (χ2n) is 12.0. The number of thioether (sulfide) groups is 2. The lowest BCUT2D eigenvalue weighted by Gasteiger charge is -2.19. The summed E-state index contributed by atoms with van der Waals surface area (Å²) in [6, 6.07) is 24.2. The van der Waals surface area contributed by atoms with E-state index < -0.39 is 12.3 Å². The number of hydrogen-bond donors (Lipinski definition) is 6. The van der Waals surface area contributed by atoms with Gasteiger partial charge in [-0.05, 0) is 59.7 Å². The van der Waals surface area contributed by atoms with Crippen molar-refractivity contribution in [2.45, 2.75) is 18.8 Å². The zero-order valence-corrected chi connectivity index (χ0v) is 33.8. The van der Waals surface area contributed by atoms with Crippen molar-refractivity contribution in [3.63, 3.8) is 0 Å². The van der Waals surface area contributed by atoms with Gasteiger partial charge in [0.25, 0.3) is 0 Å². The number of carbonyl (C=O) groups is 2. The van der Waals surface area contributed by atoms with Crippen LogP contribution in [0.1, 0.15) is 45.7 Å². The Balaban J connectivity index is 1.03. The molecule has 0 aliphatic carbocycles. The van der Waals surface area contributed by atoms with Crippen LogP contribution < -0.4 is 32.7 Å². The molecule has 57 heavy (non-hydrogen) atoms. The third-order valence-electron chi connectivity index (χ3n) is 8.04. The molecular formula is C37H28Cl4N12O2S2. The highest BCUT2D eigenvalue weighted by Gasteiger charge is 2.22. The first-order valence-electron chi connectivity index (χ1n) is 16.5. The average molecular weight is 879 g/mol. The number of rotatable bonds is 10. The molecule has 2 heterocycles. The predicted molar refractivity (Wildman–Crippen MR) is 230 cm³/mol. The fraction of sp³-hybridized carbons (Fsp3) is 0.135. The highest BCUT2D eigenvalue weighted by molar-refractivity contribution is 8.14.